The number of nitrogens with one attached hydrogen (secondary N) is 1. The van der Waals surface area contributed by atoms with Crippen LogP contribution in [0.15, 0.2) is 0 Å². The van der Waals surface area contributed by atoms with Gasteiger partial charge < -0.3 is 19.7 Å². The summed E-state index contributed by atoms with van der Waals surface area (Å²) in [5, 5.41) is 3.45. The molecule has 0 saturated carbocycles. The fourth-order valence-corrected chi connectivity index (χ4v) is 2.22. The first-order valence-corrected chi connectivity index (χ1v) is 6.27. The maximum Gasteiger partial charge on any atom is 0.0589 e. The Morgan fingerprint density at radius 2 is 2.06 bits per heavy atom. The number of nitrogens with zero attached hydrogens (tertiary/aromatic N) is 1. The second kappa shape index (κ2) is 8.93. The van der Waals surface area contributed by atoms with E-state index in [9.17, 15) is 0 Å². The molecular formula is C12H26N2O2. The fraction of sp³-hybridized carbons (Fsp3) is 1.00. The molecule has 1 rings (SSSR count). The molecule has 1 N–H and O–H groups in total. The van der Waals surface area contributed by atoms with Crippen LogP contribution >= 0.6 is 0 Å². The summed E-state index contributed by atoms with van der Waals surface area (Å²) in [4.78, 5) is 2.51. The van der Waals surface area contributed by atoms with Gasteiger partial charge in [-0.3, -0.25) is 0 Å². The molecule has 1 unspecified atom stereocenters. The van der Waals surface area contributed by atoms with Gasteiger partial charge in [-0.15, -0.1) is 0 Å². The zero-order valence-electron chi connectivity index (χ0n) is 10.7. The molecule has 0 radical (unpaired) electrons. The third-order valence-electron chi connectivity index (χ3n) is 3.13. The quantitative estimate of drug-likeness (QED) is 0.619. The van der Waals surface area contributed by atoms with Crippen molar-refractivity contribution in [2.75, 3.05) is 60.2 Å². The number of rotatable bonds is 8. The molecule has 0 spiro atoms. The van der Waals surface area contributed by atoms with Crippen LogP contribution in [0.4, 0.5) is 0 Å². The number of piperidine rings is 1. The first kappa shape index (κ1) is 13.9. The van der Waals surface area contributed by atoms with Crippen LogP contribution in [0.1, 0.15) is 12.8 Å². The predicted molar refractivity (Wildman–Crippen MR) is 65.8 cm³/mol. The maximum atomic E-state index is 5.12. The Morgan fingerprint density at radius 1 is 1.25 bits per heavy atom. The minimum absolute atomic E-state index is 0.794. The van der Waals surface area contributed by atoms with Crippen LogP contribution in [0.5, 0.6) is 0 Å². The van der Waals surface area contributed by atoms with Gasteiger partial charge in [-0.2, -0.15) is 0 Å². The van der Waals surface area contributed by atoms with Gasteiger partial charge >= 0.3 is 0 Å². The van der Waals surface area contributed by atoms with Crippen molar-refractivity contribution >= 4 is 0 Å². The summed E-state index contributed by atoms with van der Waals surface area (Å²) in [5.74, 6) is 0.794. The van der Waals surface area contributed by atoms with Crippen molar-refractivity contribution in [3.05, 3.63) is 0 Å². The first-order chi connectivity index (χ1) is 7.86. The molecule has 0 aromatic rings. The Labute approximate surface area is 99.3 Å². The third kappa shape index (κ3) is 5.80. The molecule has 0 bridgehead atoms. The number of hydrogen-bond donors (Lipinski definition) is 1. The van der Waals surface area contributed by atoms with Gasteiger partial charge in [-0.25, -0.2) is 0 Å². The smallest absolute Gasteiger partial charge is 0.0589 e. The first-order valence-electron chi connectivity index (χ1n) is 6.27. The fourth-order valence-electron chi connectivity index (χ4n) is 2.22. The van der Waals surface area contributed by atoms with Crippen molar-refractivity contribution in [2.24, 2.45) is 5.92 Å². The van der Waals surface area contributed by atoms with Gasteiger partial charge in [0.1, 0.15) is 0 Å². The molecule has 0 aliphatic carbocycles. The monoisotopic (exact) mass is 230 g/mol. The number of likely N-dealkylation sites (tertiary alicyclic amines) is 1. The van der Waals surface area contributed by atoms with Gasteiger partial charge in [0, 0.05) is 33.9 Å². The van der Waals surface area contributed by atoms with Crippen molar-refractivity contribution in [3.8, 4) is 0 Å². The van der Waals surface area contributed by atoms with E-state index in [4.69, 9.17) is 9.47 Å². The number of methoxy groups -OCH3 is 2. The lowest BCUT2D eigenvalue weighted by Gasteiger charge is -2.32. The third-order valence-corrected chi connectivity index (χ3v) is 3.13. The summed E-state index contributed by atoms with van der Waals surface area (Å²) in [6.45, 7) is 7.26. The van der Waals surface area contributed by atoms with Crippen molar-refractivity contribution in [1.82, 2.24) is 10.2 Å². The largest absolute Gasteiger partial charge is 0.383 e. The SMILES string of the molecule is COCCNCC1CCCN(CCOC)C1. The highest BCUT2D eigenvalue weighted by molar-refractivity contribution is 4.74. The van der Waals surface area contributed by atoms with Crippen LogP contribution in [0.3, 0.4) is 0 Å². The number of ether oxygens (including phenoxy) is 2. The highest BCUT2D eigenvalue weighted by atomic mass is 16.5. The normalized spacial score (nSPS) is 22.5. The van der Waals surface area contributed by atoms with E-state index in [0.717, 1.165) is 38.8 Å². The second-order valence-corrected chi connectivity index (χ2v) is 4.50. The Morgan fingerprint density at radius 3 is 2.81 bits per heavy atom. The highest BCUT2D eigenvalue weighted by Gasteiger charge is 2.18. The zero-order valence-corrected chi connectivity index (χ0v) is 10.7. The molecule has 1 saturated heterocycles. The van der Waals surface area contributed by atoms with E-state index in [0.29, 0.717) is 0 Å². The Kier molecular flexibility index (Phi) is 7.76. The summed E-state index contributed by atoms with van der Waals surface area (Å²) >= 11 is 0. The van der Waals surface area contributed by atoms with Crippen LogP contribution in [-0.2, 0) is 9.47 Å². The van der Waals surface area contributed by atoms with Gasteiger partial charge in [0.15, 0.2) is 0 Å². The molecule has 0 aromatic carbocycles. The van der Waals surface area contributed by atoms with Crippen LogP contribution in [0.2, 0.25) is 0 Å². The van der Waals surface area contributed by atoms with Crippen LogP contribution in [0, 0.1) is 5.92 Å². The minimum Gasteiger partial charge on any atom is -0.383 e. The van der Waals surface area contributed by atoms with Crippen molar-refractivity contribution in [3.63, 3.8) is 0 Å². The van der Waals surface area contributed by atoms with Crippen molar-refractivity contribution < 1.29 is 9.47 Å². The molecule has 96 valence electrons. The number of hydrogen-bond acceptors (Lipinski definition) is 4. The van der Waals surface area contributed by atoms with Gasteiger partial charge in [0.25, 0.3) is 0 Å². The molecule has 0 aromatic heterocycles. The molecule has 16 heavy (non-hydrogen) atoms. The average Bonchev–Trinajstić information content (AvgIpc) is 2.33. The molecule has 1 aliphatic rings. The average molecular weight is 230 g/mol. The summed E-state index contributed by atoms with van der Waals surface area (Å²) < 4.78 is 10.1. The molecule has 1 aliphatic heterocycles. The molecular weight excluding hydrogens is 204 g/mol. The van der Waals surface area contributed by atoms with E-state index >= 15 is 0 Å². The molecule has 4 heteroatoms. The molecule has 0 amide bonds. The highest BCUT2D eigenvalue weighted by Crippen LogP contribution is 2.15. The summed E-state index contributed by atoms with van der Waals surface area (Å²) in [7, 11) is 3.52. The van der Waals surface area contributed by atoms with Crippen LogP contribution in [-0.4, -0.2) is 65.1 Å². The van der Waals surface area contributed by atoms with Gasteiger partial charge in [0.2, 0.25) is 0 Å². The van der Waals surface area contributed by atoms with E-state index in [1.54, 1.807) is 14.2 Å². The van der Waals surface area contributed by atoms with Crippen molar-refractivity contribution in [2.45, 2.75) is 12.8 Å². The van der Waals surface area contributed by atoms with Crippen molar-refractivity contribution in [1.29, 1.82) is 0 Å². The molecule has 4 nitrogen and oxygen atoms in total. The zero-order chi connectivity index (χ0) is 11.6. The maximum absolute atomic E-state index is 5.12. The standard InChI is InChI=1S/C12H26N2O2/c1-15-8-5-13-10-12-4-3-6-14(11-12)7-9-16-2/h12-13H,3-11H2,1-2H3. The van der Waals surface area contributed by atoms with Crippen LogP contribution < -0.4 is 5.32 Å². The van der Waals surface area contributed by atoms with E-state index in [-0.39, 0.29) is 0 Å². The topological polar surface area (TPSA) is 33.7 Å². The van der Waals surface area contributed by atoms with E-state index < -0.39 is 0 Å². The lowest BCUT2D eigenvalue weighted by atomic mass is 9.98. The molecule has 1 heterocycles. The minimum atomic E-state index is 0.794. The molecule has 1 fully saturated rings. The van der Waals surface area contributed by atoms with Crippen LogP contribution in [0.25, 0.3) is 0 Å². The summed E-state index contributed by atoms with van der Waals surface area (Å²) in [5.41, 5.74) is 0. The lowest BCUT2D eigenvalue weighted by Crippen LogP contribution is -2.41. The second-order valence-electron chi connectivity index (χ2n) is 4.50. The summed E-state index contributed by atoms with van der Waals surface area (Å²) in [6, 6.07) is 0. The van der Waals surface area contributed by atoms with E-state index in [1.165, 1.54) is 25.9 Å². The summed E-state index contributed by atoms with van der Waals surface area (Å²) in [6.07, 6.45) is 2.67. The van der Waals surface area contributed by atoms with Gasteiger partial charge in [-0.05, 0) is 31.8 Å². The van der Waals surface area contributed by atoms with Gasteiger partial charge in [0.05, 0.1) is 13.2 Å². The Hall–Kier alpha value is -0.160. The molecule has 1 atom stereocenters. The Bertz CT molecular complexity index is 167. The van der Waals surface area contributed by atoms with E-state index in [1.807, 2.05) is 0 Å². The van der Waals surface area contributed by atoms with Gasteiger partial charge in [-0.1, -0.05) is 0 Å². The van der Waals surface area contributed by atoms with E-state index in [2.05, 4.69) is 10.2 Å². The Balaban J connectivity index is 2.07. The lowest BCUT2D eigenvalue weighted by molar-refractivity contribution is 0.113. The predicted octanol–water partition coefficient (Wildman–Crippen LogP) is 0.581.